The van der Waals surface area contributed by atoms with Crippen molar-refractivity contribution in [2.24, 2.45) is 24.8 Å². The summed E-state index contributed by atoms with van der Waals surface area (Å²) in [5, 5.41) is 18.6. The zero-order valence-corrected chi connectivity index (χ0v) is 18.0. The Morgan fingerprint density at radius 3 is 2.64 bits per heavy atom. The highest BCUT2D eigenvalue weighted by molar-refractivity contribution is 6.05. The number of nitrogens with one attached hydrogen (secondary N) is 2. The van der Waals surface area contributed by atoms with Crippen molar-refractivity contribution < 1.29 is 18.7 Å². The van der Waals surface area contributed by atoms with E-state index in [0.717, 1.165) is 31.9 Å². The number of hydrogen-bond donors (Lipinski definition) is 3. The lowest BCUT2D eigenvalue weighted by atomic mass is 9.61. The fourth-order valence-electron chi connectivity index (χ4n) is 6.03. The lowest BCUT2D eigenvalue weighted by Crippen LogP contribution is -2.51. The second kappa shape index (κ2) is 7.26. The summed E-state index contributed by atoms with van der Waals surface area (Å²) >= 11 is 0. The first-order valence-corrected chi connectivity index (χ1v) is 11.2. The smallest absolute Gasteiger partial charge is 0.308 e. The van der Waals surface area contributed by atoms with Gasteiger partial charge in [0.15, 0.2) is 5.82 Å². The minimum Gasteiger partial charge on any atom is -0.481 e. The SMILES string of the molecule is Cn1ncc2c(-c3c[nH]c4ncc(F)cc34)cc(NC3[C@H]4CC[C@H](CC4)[C@@H]3C(=O)O)c(F)c21. The van der Waals surface area contributed by atoms with E-state index in [1.807, 2.05) is 0 Å². The van der Waals surface area contributed by atoms with E-state index in [4.69, 9.17) is 0 Å². The average Bonchev–Trinajstić information content (AvgIpc) is 3.40. The number of rotatable bonds is 4. The summed E-state index contributed by atoms with van der Waals surface area (Å²) < 4.78 is 31.2. The van der Waals surface area contributed by atoms with Crippen LogP contribution in [0.5, 0.6) is 0 Å². The predicted molar refractivity (Wildman–Crippen MR) is 120 cm³/mol. The Morgan fingerprint density at radius 1 is 1.12 bits per heavy atom. The second-order valence-corrected chi connectivity index (χ2v) is 9.28. The zero-order valence-electron chi connectivity index (χ0n) is 18.0. The van der Waals surface area contributed by atoms with Gasteiger partial charge in [-0.05, 0) is 55.2 Å². The number of carboxylic acid groups (broad SMARTS) is 1. The maximum absolute atomic E-state index is 15.7. The third kappa shape index (κ3) is 3.02. The van der Waals surface area contributed by atoms with Crippen LogP contribution in [-0.4, -0.2) is 36.9 Å². The van der Waals surface area contributed by atoms with Gasteiger partial charge in [-0.25, -0.2) is 13.8 Å². The molecule has 7 rings (SSSR count). The van der Waals surface area contributed by atoms with Gasteiger partial charge < -0.3 is 15.4 Å². The molecule has 3 heterocycles. The molecule has 33 heavy (non-hydrogen) atoms. The fraction of sp³-hybridized carbons (Fsp3) is 0.375. The van der Waals surface area contributed by atoms with E-state index in [1.165, 1.54) is 10.7 Å². The summed E-state index contributed by atoms with van der Waals surface area (Å²) in [6.45, 7) is 0. The van der Waals surface area contributed by atoms with E-state index in [2.05, 4.69) is 20.4 Å². The molecule has 3 aliphatic rings. The Morgan fingerprint density at radius 2 is 1.88 bits per heavy atom. The van der Waals surface area contributed by atoms with Crippen LogP contribution in [0.3, 0.4) is 0 Å². The van der Waals surface area contributed by atoms with Gasteiger partial charge in [0, 0.05) is 35.6 Å². The largest absolute Gasteiger partial charge is 0.481 e. The van der Waals surface area contributed by atoms with Crippen LogP contribution in [0.2, 0.25) is 0 Å². The Balaban J connectivity index is 1.52. The molecule has 3 aliphatic carbocycles. The molecule has 0 radical (unpaired) electrons. The van der Waals surface area contributed by atoms with Gasteiger partial charge in [0.25, 0.3) is 0 Å². The topological polar surface area (TPSA) is 95.8 Å². The third-order valence-corrected chi connectivity index (χ3v) is 7.58. The molecule has 1 aromatic carbocycles. The number of pyridine rings is 1. The van der Waals surface area contributed by atoms with Crippen molar-refractivity contribution in [3.8, 4) is 11.1 Å². The second-order valence-electron chi connectivity index (χ2n) is 9.28. The van der Waals surface area contributed by atoms with Gasteiger partial charge in [0.2, 0.25) is 0 Å². The van der Waals surface area contributed by atoms with Gasteiger partial charge in [0.05, 0.1) is 24.0 Å². The molecule has 0 aliphatic heterocycles. The minimum atomic E-state index is -0.831. The summed E-state index contributed by atoms with van der Waals surface area (Å²) in [7, 11) is 1.66. The van der Waals surface area contributed by atoms with Crippen molar-refractivity contribution in [2.45, 2.75) is 31.7 Å². The Hall–Kier alpha value is -3.49. The number of carboxylic acids is 1. The Bertz CT molecular complexity index is 1400. The molecule has 3 aromatic heterocycles. The number of anilines is 1. The zero-order chi connectivity index (χ0) is 22.9. The molecule has 4 aromatic rings. The highest BCUT2D eigenvalue weighted by Gasteiger charge is 2.47. The van der Waals surface area contributed by atoms with E-state index >= 15 is 4.39 Å². The van der Waals surface area contributed by atoms with Crippen LogP contribution >= 0.6 is 0 Å². The normalized spacial score (nSPS) is 24.6. The first kappa shape index (κ1) is 20.1. The maximum Gasteiger partial charge on any atom is 0.308 e. The molecule has 2 bridgehead atoms. The molecule has 3 saturated carbocycles. The van der Waals surface area contributed by atoms with Crippen LogP contribution in [0.4, 0.5) is 14.5 Å². The molecule has 9 heteroatoms. The predicted octanol–water partition coefficient (Wildman–Crippen LogP) is 4.70. The number of nitrogens with zero attached hydrogens (tertiary/aromatic N) is 3. The molecule has 0 amide bonds. The molecule has 0 spiro atoms. The van der Waals surface area contributed by atoms with Gasteiger partial charge in [0.1, 0.15) is 17.0 Å². The Kier molecular flexibility index (Phi) is 4.43. The number of aryl methyl sites for hydroxylation is 1. The van der Waals surface area contributed by atoms with Gasteiger partial charge in [-0.3, -0.25) is 9.48 Å². The molecule has 3 N–H and O–H groups in total. The van der Waals surface area contributed by atoms with Gasteiger partial charge >= 0.3 is 5.97 Å². The number of carbonyl (C=O) groups is 1. The standard InChI is InChI=1S/C24H23F2N5O2/c1-31-22-17(10-29-31)14(16-9-28-23-15(16)6-13(25)8-27-23)7-18(20(22)26)30-21-12-4-2-11(3-5-12)19(21)24(32)33/h6-12,19,21,30H,2-5H2,1H3,(H,27,28)(H,32,33)/t11-,12+,19-,21?/m0/s1. The van der Waals surface area contributed by atoms with Crippen LogP contribution in [0, 0.1) is 29.4 Å². The monoisotopic (exact) mass is 451 g/mol. The number of benzene rings is 1. The van der Waals surface area contributed by atoms with E-state index in [0.29, 0.717) is 33.1 Å². The number of fused-ring (bicyclic) bond motifs is 5. The molecule has 170 valence electrons. The molecule has 7 nitrogen and oxygen atoms in total. The van der Waals surface area contributed by atoms with Crippen LogP contribution in [0.25, 0.3) is 33.1 Å². The quantitative estimate of drug-likeness (QED) is 0.418. The summed E-state index contributed by atoms with van der Waals surface area (Å²) in [5.74, 6) is -2.02. The minimum absolute atomic E-state index is 0.107. The summed E-state index contributed by atoms with van der Waals surface area (Å²) in [6, 6.07) is 2.74. The number of aromatic nitrogens is 4. The first-order valence-electron chi connectivity index (χ1n) is 11.2. The van der Waals surface area contributed by atoms with Crippen molar-refractivity contribution in [1.82, 2.24) is 19.7 Å². The summed E-state index contributed by atoms with van der Waals surface area (Å²) in [6.07, 6.45) is 8.16. The summed E-state index contributed by atoms with van der Waals surface area (Å²) in [5.41, 5.74) is 2.43. The average molecular weight is 451 g/mol. The van der Waals surface area contributed by atoms with Crippen molar-refractivity contribution >= 4 is 33.6 Å². The molecule has 2 atom stereocenters. The highest BCUT2D eigenvalue weighted by Crippen LogP contribution is 2.47. The summed E-state index contributed by atoms with van der Waals surface area (Å²) in [4.78, 5) is 19.2. The van der Waals surface area contributed by atoms with Gasteiger partial charge in [-0.1, -0.05) is 0 Å². The molecule has 0 saturated heterocycles. The van der Waals surface area contributed by atoms with Crippen LogP contribution in [0.15, 0.2) is 30.7 Å². The van der Waals surface area contributed by atoms with Crippen molar-refractivity contribution in [1.29, 1.82) is 0 Å². The van der Waals surface area contributed by atoms with Crippen molar-refractivity contribution in [3.05, 3.63) is 42.4 Å². The third-order valence-electron chi connectivity index (χ3n) is 7.58. The molecular formula is C24H23F2N5O2. The van der Waals surface area contributed by atoms with Gasteiger partial charge in [-0.2, -0.15) is 5.10 Å². The van der Waals surface area contributed by atoms with Crippen molar-refractivity contribution in [3.63, 3.8) is 0 Å². The lowest BCUT2D eigenvalue weighted by molar-refractivity contribution is -0.148. The van der Waals surface area contributed by atoms with E-state index in [-0.39, 0.29) is 23.6 Å². The highest BCUT2D eigenvalue weighted by atomic mass is 19.1. The van der Waals surface area contributed by atoms with E-state index < -0.39 is 23.5 Å². The Labute approximate surface area is 187 Å². The number of aliphatic carboxylic acids is 1. The molecule has 1 unspecified atom stereocenters. The molecule has 3 fully saturated rings. The fourth-order valence-corrected chi connectivity index (χ4v) is 6.03. The maximum atomic E-state index is 15.7. The van der Waals surface area contributed by atoms with Gasteiger partial charge in [-0.15, -0.1) is 0 Å². The van der Waals surface area contributed by atoms with Crippen LogP contribution < -0.4 is 5.32 Å². The van der Waals surface area contributed by atoms with E-state index in [1.54, 1.807) is 25.5 Å². The van der Waals surface area contributed by atoms with E-state index in [9.17, 15) is 14.3 Å². The number of aromatic amines is 1. The number of hydrogen-bond acceptors (Lipinski definition) is 4. The first-order chi connectivity index (χ1) is 15.9. The van der Waals surface area contributed by atoms with Crippen LogP contribution in [-0.2, 0) is 11.8 Å². The van der Waals surface area contributed by atoms with Crippen LogP contribution in [0.1, 0.15) is 25.7 Å². The lowest BCUT2D eigenvalue weighted by Gasteiger charge is -2.47. The van der Waals surface area contributed by atoms with Crippen molar-refractivity contribution in [2.75, 3.05) is 5.32 Å². The number of halogens is 2. The number of H-pyrrole nitrogens is 1. The molecular weight excluding hydrogens is 428 g/mol.